The molecule has 10 nitrogen and oxygen atoms in total. The molecule has 0 saturated carbocycles. The second-order valence-electron chi connectivity index (χ2n) is 10.6. The molecule has 0 spiro atoms. The summed E-state index contributed by atoms with van der Waals surface area (Å²) in [5.74, 6) is -0.960. The Labute approximate surface area is 212 Å². The predicted molar refractivity (Wildman–Crippen MR) is 132 cm³/mol. The first-order valence-electron chi connectivity index (χ1n) is 12.2. The Bertz CT molecular complexity index is 962. The summed E-state index contributed by atoms with van der Waals surface area (Å²) in [6.45, 7) is 12.6. The molecule has 0 aliphatic carbocycles. The fourth-order valence-electron chi connectivity index (χ4n) is 3.55. The first-order valence-corrected chi connectivity index (χ1v) is 12.2. The number of carbonyl (C=O) groups is 4. The van der Waals surface area contributed by atoms with Crippen LogP contribution in [-0.2, 0) is 35.2 Å². The topological polar surface area (TPSA) is 120 Å². The summed E-state index contributed by atoms with van der Waals surface area (Å²) in [6.07, 6.45) is 0.658. The van der Waals surface area contributed by atoms with Crippen molar-refractivity contribution in [2.75, 3.05) is 11.4 Å². The Kier molecular flexibility index (Phi) is 9.72. The molecule has 0 bridgehead atoms. The van der Waals surface area contributed by atoms with Crippen LogP contribution in [0, 0.1) is 0 Å². The average Bonchev–Trinajstić information content (AvgIpc) is 3.17. The normalized spacial score (nSPS) is 13.9. The summed E-state index contributed by atoms with van der Waals surface area (Å²) in [5.41, 5.74) is -0.106. The van der Waals surface area contributed by atoms with Crippen molar-refractivity contribution in [2.45, 2.75) is 97.8 Å². The van der Waals surface area contributed by atoms with E-state index in [2.05, 4.69) is 5.32 Å². The number of hydrogen-bond donors (Lipinski definition) is 1. The van der Waals surface area contributed by atoms with Gasteiger partial charge in [-0.15, -0.1) is 0 Å². The van der Waals surface area contributed by atoms with E-state index in [4.69, 9.17) is 19.2 Å². The molecule has 0 aromatic heterocycles. The summed E-state index contributed by atoms with van der Waals surface area (Å²) in [7, 11) is 0. The molecule has 2 rings (SSSR count). The highest BCUT2D eigenvalue weighted by atomic mass is 17.2. The lowest BCUT2D eigenvalue weighted by Crippen LogP contribution is -2.46. The van der Waals surface area contributed by atoms with Crippen LogP contribution in [0.5, 0.6) is 5.75 Å². The molecule has 200 valence electrons. The number of nitrogens with zero attached hydrogens (tertiary/aromatic N) is 1. The van der Waals surface area contributed by atoms with Crippen molar-refractivity contribution in [3.05, 3.63) is 23.8 Å². The van der Waals surface area contributed by atoms with E-state index in [1.165, 1.54) is 0 Å². The van der Waals surface area contributed by atoms with Crippen LogP contribution in [-0.4, -0.2) is 47.7 Å². The van der Waals surface area contributed by atoms with Crippen molar-refractivity contribution in [2.24, 2.45) is 0 Å². The van der Waals surface area contributed by atoms with Crippen molar-refractivity contribution < 1.29 is 38.4 Å². The maximum atomic E-state index is 13.1. The Morgan fingerprint density at radius 2 is 1.67 bits per heavy atom. The Hall–Kier alpha value is -3.30. The second kappa shape index (κ2) is 12.1. The molecule has 1 aromatic carbocycles. The van der Waals surface area contributed by atoms with E-state index in [-0.39, 0.29) is 25.2 Å². The summed E-state index contributed by atoms with van der Waals surface area (Å²) in [5, 5.41) is 2.53. The lowest BCUT2D eigenvalue weighted by atomic mass is 10.1. The van der Waals surface area contributed by atoms with Crippen molar-refractivity contribution >= 4 is 29.6 Å². The number of carbonyl (C=O) groups excluding carboxylic acids is 4. The van der Waals surface area contributed by atoms with Gasteiger partial charge in [-0.2, -0.15) is 0 Å². The van der Waals surface area contributed by atoms with Gasteiger partial charge in [0.05, 0.1) is 5.69 Å². The van der Waals surface area contributed by atoms with E-state index in [0.29, 0.717) is 30.8 Å². The van der Waals surface area contributed by atoms with Gasteiger partial charge in [-0.05, 0) is 72.9 Å². The zero-order valence-electron chi connectivity index (χ0n) is 22.3. The molecule has 0 unspecified atom stereocenters. The molecule has 0 fully saturated rings. The quantitative estimate of drug-likeness (QED) is 0.300. The van der Waals surface area contributed by atoms with Crippen molar-refractivity contribution in [3.63, 3.8) is 0 Å². The number of esters is 1. The highest BCUT2D eigenvalue weighted by Gasteiger charge is 2.32. The van der Waals surface area contributed by atoms with Gasteiger partial charge in [-0.25, -0.2) is 14.4 Å². The molecule has 1 aromatic rings. The first kappa shape index (κ1) is 28.9. The van der Waals surface area contributed by atoms with Gasteiger partial charge in [0.2, 0.25) is 5.91 Å². The van der Waals surface area contributed by atoms with Gasteiger partial charge < -0.3 is 19.7 Å². The van der Waals surface area contributed by atoms with Crippen LogP contribution in [0.25, 0.3) is 0 Å². The van der Waals surface area contributed by atoms with Gasteiger partial charge in [0, 0.05) is 24.9 Å². The van der Waals surface area contributed by atoms with Gasteiger partial charge in [-0.1, -0.05) is 13.0 Å². The molecule has 36 heavy (non-hydrogen) atoms. The molecule has 1 aliphatic rings. The number of rotatable bonds is 9. The number of hydrogen-bond acceptors (Lipinski definition) is 8. The molecule has 1 N–H and O–H groups in total. The maximum absolute atomic E-state index is 13.1. The number of alkyl carbamates (subject to hydrolysis) is 1. The third-order valence-electron chi connectivity index (χ3n) is 4.99. The fraction of sp³-hybridized carbons (Fsp3) is 0.615. The third kappa shape index (κ3) is 9.05. The molecule has 1 aliphatic heterocycles. The van der Waals surface area contributed by atoms with E-state index in [0.717, 1.165) is 5.56 Å². The molecule has 10 heteroatoms. The van der Waals surface area contributed by atoms with E-state index < -0.39 is 35.3 Å². The highest BCUT2D eigenvalue weighted by molar-refractivity contribution is 5.96. The smallest absolute Gasteiger partial charge is 0.408 e. The Morgan fingerprint density at radius 1 is 1.00 bits per heavy atom. The number of ether oxygens (including phenoxy) is 2. The van der Waals surface area contributed by atoms with Crippen LogP contribution in [0.2, 0.25) is 0 Å². The number of fused-ring (bicyclic) bond motifs is 1. The standard InChI is InChI=1S/C26H38N2O8/c1-8-10-22(30)36-35-20-12-9-11-19-17(20)15-16-28(19)21(29)14-13-18(23(31)33-25(2,3)4)27-24(32)34-26(5,6)7/h9,11-12,18H,8,10,13-16H2,1-7H3,(H,27,32)/t18-/m0/s1. The molecule has 0 radical (unpaired) electrons. The minimum Gasteiger partial charge on any atom is -0.458 e. The molecular weight excluding hydrogens is 468 g/mol. The summed E-state index contributed by atoms with van der Waals surface area (Å²) < 4.78 is 10.7. The number of amides is 2. The van der Waals surface area contributed by atoms with Crippen molar-refractivity contribution in [3.8, 4) is 5.75 Å². The first-order chi connectivity index (χ1) is 16.7. The second-order valence-corrected chi connectivity index (χ2v) is 10.6. The largest absolute Gasteiger partial charge is 0.458 e. The number of anilines is 1. The SMILES string of the molecule is CCCC(=O)OOc1cccc2c1CCN2C(=O)CC[C@H](NC(=O)OC(C)(C)C)C(=O)OC(C)(C)C. The fourth-order valence-corrected chi connectivity index (χ4v) is 3.55. The Morgan fingerprint density at radius 3 is 2.28 bits per heavy atom. The summed E-state index contributed by atoms with van der Waals surface area (Å²) in [4.78, 5) is 61.5. The van der Waals surface area contributed by atoms with E-state index in [9.17, 15) is 19.2 Å². The van der Waals surface area contributed by atoms with Crippen LogP contribution >= 0.6 is 0 Å². The molecular formula is C26H38N2O8. The monoisotopic (exact) mass is 506 g/mol. The average molecular weight is 507 g/mol. The van der Waals surface area contributed by atoms with Gasteiger partial charge in [0.15, 0.2) is 5.75 Å². The van der Waals surface area contributed by atoms with E-state index in [1.807, 2.05) is 6.92 Å². The molecule has 0 saturated heterocycles. The van der Waals surface area contributed by atoms with E-state index in [1.54, 1.807) is 64.6 Å². The predicted octanol–water partition coefficient (Wildman–Crippen LogP) is 4.23. The zero-order valence-corrected chi connectivity index (χ0v) is 22.3. The van der Waals surface area contributed by atoms with Crippen LogP contribution < -0.4 is 15.1 Å². The van der Waals surface area contributed by atoms with Crippen molar-refractivity contribution in [1.29, 1.82) is 0 Å². The van der Waals surface area contributed by atoms with Crippen LogP contribution in [0.3, 0.4) is 0 Å². The molecule has 1 heterocycles. The van der Waals surface area contributed by atoms with Gasteiger partial charge in [-0.3, -0.25) is 14.6 Å². The van der Waals surface area contributed by atoms with Crippen LogP contribution in [0.1, 0.15) is 79.7 Å². The minimum atomic E-state index is -1.06. The third-order valence-corrected chi connectivity index (χ3v) is 4.99. The lowest BCUT2D eigenvalue weighted by molar-refractivity contribution is -0.214. The van der Waals surface area contributed by atoms with Gasteiger partial charge in [0.1, 0.15) is 17.2 Å². The maximum Gasteiger partial charge on any atom is 0.408 e. The van der Waals surface area contributed by atoms with Gasteiger partial charge in [0.25, 0.3) is 0 Å². The molecule has 2 amide bonds. The van der Waals surface area contributed by atoms with Crippen LogP contribution in [0.4, 0.5) is 10.5 Å². The van der Waals surface area contributed by atoms with Crippen LogP contribution in [0.15, 0.2) is 18.2 Å². The Balaban J connectivity index is 2.08. The highest BCUT2D eigenvalue weighted by Crippen LogP contribution is 2.35. The zero-order chi connectivity index (χ0) is 27.1. The minimum absolute atomic E-state index is 0.0181. The van der Waals surface area contributed by atoms with Crippen molar-refractivity contribution in [1.82, 2.24) is 5.32 Å². The number of nitrogens with one attached hydrogen (secondary N) is 1. The molecule has 1 atom stereocenters. The number of benzene rings is 1. The summed E-state index contributed by atoms with van der Waals surface area (Å²) in [6, 6.07) is 4.11. The lowest BCUT2D eigenvalue weighted by Gasteiger charge is -2.26. The van der Waals surface area contributed by atoms with E-state index >= 15 is 0 Å². The van der Waals surface area contributed by atoms with Gasteiger partial charge >= 0.3 is 18.0 Å². The summed E-state index contributed by atoms with van der Waals surface area (Å²) >= 11 is 0.